The largest absolute Gasteiger partial charge is 0.491 e. The van der Waals surface area contributed by atoms with Gasteiger partial charge in [0.25, 0.3) is 5.88 Å². The average molecular weight is 307 g/mol. The lowest BCUT2D eigenvalue weighted by Crippen LogP contribution is -1.97. The van der Waals surface area contributed by atoms with Crippen LogP contribution in [0.4, 0.5) is 0 Å². The number of benzene rings is 1. The first-order valence-corrected chi connectivity index (χ1v) is 7.28. The van der Waals surface area contributed by atoms with Gasteiger partial charge in [-0.15, -0.1) is 10.2 Å². The Morgan fingerprint density at radius 1 is 1.25 bits per heavy atom. The van der Waals surface area contributed by atoms with E-state index in [4.69, 9.17) is 11.6 Å². The maximum Gasteiger partial charge on any atom is 0.257 e. The third-order valence-corrected chi connectivity index (χ3v) is 4.15. The summed E-state index contributed by atoms with van der Waals surface area (Å²) >= 11 is 7.38. The van der Waals surface area contributed by atoms with Gasteiger partial charge in [0.1, 0.15) is 11.8 Å². The number of aromatic hydroxyl groups is 1. The van der Waals surface area contributed by atoms with Gasteiger partial charge in [0.05, 0.1) is 5.69 Å². The van der Waals surface area contributed by atoms with Gasteiger partial charge in [0, 0.05) is 10.8 Å². The summed E-state index contributed by atoms with van der Waals surface area (Å²) in [5, 5.41) is 18.9. The molecule has 0 saturated heterocycles. The fourth-order valence-electron chi connectivity index (χ4n) is 1.86. The van der Waals surface area contributed by atoms with Gasteiger partial charge in [-0.3, -0.25) is 4.40 Å². The van der Waals surface area contributed by atoms with Gasteiger partial charge in [-0.1, -0.05) is 35.5 Å². The Morgan fingerprint density at radius 2 is 2.00 bits per heavy atom. The molecule has 0 amide bonds. The van der Waals surface area contributed by atoms with Gasteiger partial charge < -0.3 is 5.11 Å². The molecule has 0 aliphatic heterocycles. The molecule has 3 rings (SSSR count). The molecule has 7 heteroatoms. The van der Waals surface area contributed by atoms with Crippen LogP contribution in [0.1, 0.15) is 11.3 Å². The second-order valence-corrected chi connectivity index (χ2v) is 5.65. The van der Waals surface area contributed by atoms with Crippen molar-refractivity contribution < 1.29 is 5.11 Å². The standard InChI is InChI=1S/C13H11ClN4OS/c1-8-11-12(19)16-17-13(18(11)7-15-8)20-6-9-2-4-10(14)5-3-9/h2-5,7H,6H2,1H3,(H,16,19). The van der Waals surface area contributed by atoms with Gasteiger partial charge in [-0.2, -0.15) is 0 Å². The normalized spacial score (nSPS) is 11.1. The first kappa shape index (κ1) is 13.2. The fraction of sp³-hybridized carbons (Fsp3) is 0.154. The molecule has 0 atom stereocenters. The van der Waals surface area contributed by atoms with E-state index in [0.29, 0.717) is 10.7 Å². The maximum atomic E-state index is 9.72. The predicted octanol–water partition coefficient (Wildman–Crippen LogP) is 3.08. The molecule has 3 aromatic rings. The van der Waals surface area contributed by atoms with Crippen molar-refractivity contribution in [2.75, 3.05) is 0 Å². The highest BCUT2D eigenvalue weighted by Crippen LogP contribution is 2.26. The van der Waals surface area contributed by atoms with Gasteiger partial charge in [0.2, 0.25) is 0 Å². The SMILES string of the molecule is Cc1ncn2c(SCc3ccc(Cl)cc3)nnc(O)c12. The number of hydrogen-bond acceptors (Lipinski definition) is 5. The van der Waals surface area contributed by atoms with E-state index in [9.17, 15) is 5.11 Å². The number of hydrogen-bond donors (Lipinski definition) is 1. The Morgan fingerprint density at radius 3 is 2.75 bits per heavy atom. The summed E-state index contributed by atoms with van der Waals surface area (Å²) in [7, 11) is 0. The molecule has 0 radical (unpaired) electrons. The third kappa shape index (κ3) is 2.44. The van der Waals surface area contributed by atoms with E-state index >= 15 is 0 Å². The van der Waals surface area contributed by atoms with Gasteiger partial charge in [-0.25, -0.2) is 4.98 Å². The molecule has 102 valence electrons. The van der Waals surface area contributed by atoms with Crippen LogP contribution in [0.3, 0.4) is 0 Å². The zero-order chi connectivity index (χ0) is 14.1. The van der Waals surface area contributed by atoms with Crippen molar-refractivity contribution in [3.8, 4) is 5.88 Å². The number of imidazole rings is 1. The minimum absolute atomic E-state index is 0.101. The van der Waals surface area contributed by atoms with Crippen LogP contribution in [0, 0.1) is 6.92 Å². The van der Waals surface area contributed by atoms with E-state index < -0.39 is 0 Å². The number of thioether (sulfide) groups is 1. The maximum absolute atomic E-state index is 9.72. The second-order valence-electron chi connectivity index (χ2n) is 4.27. The van der Waals surface area contributed by atoms with E-state index in [1.54, 1.807) is 10.7 Å². The van der Waals surface area contributed by atoms with Crippen LogP contribution >= 0.6 is 23.4 Å². The molecule has 1 aromatic carbocycles. The number of aryl methyl sites for hydroxylation is 1. The number of rotatable bonds is 3. The Labute approximate surface area is 124 Å². The van der Waals surface area contributed by atoms with E-state index in [-0.39, 0.29) is 5.88 Å². The third-order valence-electron chi connectivity index (χ3n) is 2.88. The zero-order valence-electron chi connectivity index (χ0n) is 10.6. The quantitative estimate of drug-likeness (QED) is 0.753. The fourth-order valence-corrected chi connectivity index (χ4v) is 2.85. The molecule has 2 heterocycles. The van der Waals surface area contributed by atoms with E-state index in [2.05, 4.69) is 15.2 Å². The van der Waals surface area contributed by atoms with E-state index in [0.717, 1.165) is 22.0 Å². The monoisotopic (exact) mass is 306 g/mol. The lowest BCUT2D eigenvalue weighted by Gasteiger charge is -2.05. The van der Waals surface area contributed by atoms with Crippen molar-refractivity contribution >= 4 is 28.9 Å². The second kappa shape index (κ2) is 5.30. The average Bonchev–Trinajstić information content (AvgIpc) is 2.83. The number of nitrogens with zero attached hydrogens (tertiary/aromatic N) is 4. The summed E-state index contributed by atoms with van der Waals surface area (Å²) in [5.41, 5.74) is 2.46. The Kier molecular flexibility index (Phi) is 3.50. The van der Waals surface area contributed by atoms with Crippen LogP contribution in [-0.4, -0.2) is 24.7 Å². The molecule has 1 N–H and O–H groups in total. The minimum atomic E-state index is -0.101. The van der Waals surface area contributed by atoms with Gasteiger partial charge in [0.15, 0.2) is 5.16 Å². The summed E-state index contributed by atoms with van der Waals surface area (Å²) in [5.74, 6) is 0.638. The molecule has 0 aliphatic rings. The molecular weight excluding hydrogens is 296 g/mol. The topological polar surface area (TPSA) is 63.3 Å². The summed E-state index contributed by atoms with van der Waals surface area (Å²) in [6.45, 7) is 1.82. The highest BCUT2D eigenvalue weighted by Gasteiger charge is 2.12. The molecule has 0 saturated carbocycles. The molecule has 20 heavy (non-hydrogen) atoms. The van der Waals surface area contributed by atoms with Crippen LogP contribution in [0.15, 0.2) is 35.7 Å². The highest BCUT2D eigenvalue weighted by molar-refractivity contribution is 7.98. The molecule has 2 aromatic heterocycles. The summed E-state index contributed by atoms with van der Waals surface area (Å²) < 4.78 is 1.75. The van der Waals surface area contributed by atoms with Crippen LogP contribution < -0.4 is 0 Å². The Hall–Kier alpha value is -1.79. The zero-order valence-corrected chi connectivity index (χ0v) is 12.2. The number of halogens is 1. The predicted molar refractivity (Wildman–Crippen MR) is 78.2 cm³/mol. The van der Waals surface area contributed by atoms with Crippen molar-refractivity contribution in [2.45, 2.75) is 17.8 Å². The molecule has 0 bridgehead atoms. The van der Waals surface area contributed by atoms with Crippen LogP contribution in [0.25, 0.3) is 5.52 Å². The van der Waals surface area contributed by atoms with E-state index in [1.807, 2.05) is 31.2 Å². The van der Waals surface area contributed by atoms with Crippen molar-refractivity contribution in [3.63, 3.8) is 0 Å². The Bertz CT molecular complexity index is 757. The highest BCUT2D eigenvalue weighted by atomic mass is 35.5. The lowest BCUT2D eigenvalue weighted by molar-refractivity contribution is 0.442. The first-order valence-electron chi connectivity index (χ1n) is 5.91. The van der Waals surface area contributed by atoms with Crippen molar-refractivity contribution in [1.82, 2.24) is 19.6 Å². The molecular formula is C13H11ClN4OS. The number of fused-ring (bicyclic) bond motifs is 1. The van der Waals surface area contributed by atoms with Gasteiger partial charge >= 0.3 is 0 Å². The lowest BCUT2D eigenvalue weighted by atomic mass is 10.2. The van der Waals surface area contributed by atoms with Crippen LogP contribution in [-0.2, 0) is 5.75 Å². The molecule has 0 fully saturated rings. The molecule has 0 aliphatic carbocycles. The summed E-state index contributed by atoms with van der Waals surface area (Å²) in [6.07, 6.45) is 1.64. The molecule has 0 unspecified atom stereocenters. The molecule has 0 spiro atoms. The van der Waals surface area contributed by atoms with Crippen LogP contribution in [0.2, 0.25) is 5.02 Å². The van der Waals surface area contributed by atoms with Crippen LogP contribution in [0.5, 0.6) is 5.88 Å². The summed E-state index contributed by atoms with van der Waals surface area (Å²) in [4.78, 5) is 4.18. The van der Waals surface area contributed by atoms with Crippen molar-refractivity contribution in [2.24, 2.45) is 0 Å². The Balaban J connectivity index is 1.88. The van der Waals surface area contributed by atoms with Crippen molar-refractivity contribution in [1.29, 1.82) is 0 Å². The summed E-state index contributed by atoms with van der Waals surface area (Å²) in [6, 6.07) is 7.66. The smallest absolute Gasteiger partial charge is 0.257 e. The van der Waals surface area contributed by atoms with E-state index in [1.165, 1.54) is 11.8 Å². The van der Waals surface area contributed by atoms with Crippen molar-refractivity contribution in [3.05, 3.63) is 46.9 Å². The first-order chi connectivity index (χ1) is 9.65. The number of aromatic nitrogens is 4. The molecule has 5 nitrogen and oxygen atoms in total. The van der Waals surface area contributed by atoms with Gasteiger partial charge in [-0.05, 0) is 24.6 Å². The minimum Gasteiger partial charge on any atom is -0.491 e.